The molecule has 2 saturated heterocycles. The fourth-order valence-corrected chi connectivity index (χ4v) is 5.99. The highest BCUT2D eigenvalue weighted by Crippen LogP contribution is 2.31. The van der Waals surface area contributed by atoms with Gasteiger partial charge in [-0.2, -0.15) is 4.31 Å². The lowest BCUT2D eigenvalue weighted by Crippen LogP contribution is -2.46. The van der Waals surface area contributed by atoms with Crippen molar-refractivity contribution in [3.05, 3.63) is 53.1 Å². The van der Waals surface area contributed by atoms with E-state index in [4.69, 9.17) is 11.6 Å². The molecule has 1 amide bonds. The second-order valence-corrected chi connectivity index (χ2v) is 10.6. The Hall–Kier alpha value is -2.13. The van der Waals surface area contributed by atoms with Gasteiger partial charge in [0.2, 0.25) is 10.0 Å². The molecule has 0 radical (unpaired) electrons. The molecule has 1 N–H and O–H groups in total. The summed E-state index contributed by atoms with van der Waals surface area (Å²) in [6.07, 6.45) is 1.73. The van der Waals surface area contributed by atoms with Crippen LogP contribution in [0.3, 0.4) is 0 Å². The maximum absolute atomic E-state index is 13.1. The minimum Gasteiger partial charge on any atom is -0.367 e. The van der Waals surface area contributed by atoms with Crippen molar-refractivity contribution in [2.45, 2.75) is 24.7 Å². The lowest BCUT2D eigenvalue weighted by atomic mass is 10.1. The Labute approximate surface area is 195 Å². The Kier molecular flexibility index (Phi) is 7.05. The predicted molar refractivity (Wildman–Crippen MR) is 128 cm³/mol. The number of halogens is 1. The van der Waals surface area contributed by atoms with Gasteiger partial charge < -0.3 is 15.1 Å². The first-order valence-electron chi connectivity index (χ1n) is 11.1. The molecule has 4 rings (SSSR count). The minimum atomic E-state index is -3.59. The Morgan fingerprint density at radius 2 is 1.72 bits per heavy atom. The third-order valence-corrected chi connectivity index (χ3v) is 8.30. The van der Waals surface area contributed by atoms with Gasteiger partial charge in [0.1, 0.15) is 0 Å². The van der Waals surface area contributed by atoms with E-state index in [1.807, 2.05) is 12.1 Å². The van der Waals surface area contributed by atoms with Crippen LogP contribution >= 0.6 is 11.6 Å². The van der Waals surface area contributed by atoms with Crippen LogP contribution in [0.25, 0.3) is 0 Å². The van der Waals surface area contributed by atoms with Crippen LogP contribution < -0.4 is 10.2 Å². The highest BCUT2D eigenvalue weighted by Gasteiger charge is 2.28. The van der Waals surface area contributed by atoms with Gasteiger partial charge in [0.05, 0.1) is 16.3 Å². The molecule has 0 spiro atoms. The molecule has 0 bridgehead atoms. The van der Waals surface area contributed by atoms with Crippen LogP contribution in [0.5, 0.6) is 0 Å². The number of likely N-dealkylation sites (N-methyl/N-ethyl adjacent to an activating group) is 1. The molecule has 2 fully saturated rings. The monoisotopic (exact) mass is 476 g/mol. The molecule has 9 heteroatoms. The van der Waals surface area contributed by atoms with Crippen LogP contribution in [0.15, 0.2) is 47.4 Å². The normalized spacial score (nSPS) is 18.1. The summed E-state index contributed by atoms with van der Waals surface area (Å²) in [6, 6.07) is 11.7. The Morgan fingerprint density at radius 3 is 2.41 bits per heavy atom. The average Bonchev–Trinajstić information content (AvgIpc) is 3.35. The van der Waals surface area contributed by atoms with E-state index in [1.54, 1.807) is 24.3 Å². The molecule has 0 atom stereocenters. The van der Waals surface area contributed by atoms with E-state index in [-0.39, 0.29) is 10.8 Å². The van der Waals surface area contributed by atoms with E-state index in [1.165, 1.54) is 10.4 Å². The van der Waals surface area contributed by atoms with E-state index < -0.39 is 10.0 Å². The van der Waals surface area contributed by atoms with Gasteiger partial charge in [-0.3, -0.25) is 4.79 Å². The third kappa shape index (κ3) is 4.93. The molecule has 0 unspecified atom stereocenters. The van der Waals surface area contributed by atoms with Gasteiger partial charge in [0.25, 0.3) is 5.91 Å². The number of carbonyl (C=O) groups excluding carboxylic acids is 1. The molecule has 0 saturated carbocycles. The van der Waals surface area contributed by atoms with Gasteiger partial charge in [-0.25, -0.2) is 8.42 Å². The first kappa shape index (κ1) is 23.0. The number of rotatable bonds is 6. The lowest BCUT2D eigenvalue weighted by Gasteiger charge is -2.36. The first-order chi connectivity index (χ1) is 15.4. The van der Waals surface area contributed by atoms with Gasteiger partial charge in [0.15, 0.2) is 0 Å². The van der Waals surface area contributed by atoms with Crippen LogP contribution in [0, 0.1) is 0 Å². The number of carbonyl (C=O) groups is 1. The number of amides is 1. The van der Waals surface area contributed by atoms with Gasteiger partial charge in [0, 0.05) is 49.9 Å². The molecule has 2 heterocycles. The fourth-order valence-electron chi connectivity index (χ4n) is 4.26. The van der Waals surface area contributed by atoms with Crippen LogP contribution in [0.4, 0.5) is 11.4 Å². The third-order valence-electron chi connectivity index (χ3n) is 6.17. The van der Waals surface area contributed by atoms with Gasteiger partial charge in [-0.15, -0.1) is 0 Å². The summed E-state index contributed by atoms with van der Waals surface area (Å²) < 4.78 is 27.3. The van der Waals surface area contributed by atoms with Crippen molar-refractivity contribution in [1.82, 2.24) is 9.21 Å². The van der Waals surface area contributed by atoms with Crippen molar-refractivity contribution in [1.29, 1.82) is 0 Å². The van der Waals surface area contributed by atoms with Crippen molar-refractivity contribution in [2.24, 2.45) is 0 Å². The standard InChI is InChI=1S/C23H29ClN4O3S/c1-2-26-12-14-27(15-13-26)22-9-8-19(24)17-21(22)25-23(29)18-6-5-7-20(16-18)32(30,31)28-10-3-4-11-28/h5-9,16-17H,2-4,10-15H2,1H3,(H,25,29). The molecule has 2 aromatic carbocycles. The van der Waals surface area contributed by atoms with Gasteiger partial charge >= 0.3 is 0 Å². The molecule has 2 aliphatic rings. The van der Waals surface area contributed by atoms with Crippen LogP contribution in [-0.2, 0) is 10.0 Å². The molecule has 32 heavy (non-hydrogen) atoms. The number of sulfonamides is 1. The minimum absolute atomic E-state index is 0.147. The molecule has 2 aromatic rings. The molecule has 7 nitrogen and oxygen atoms in total. The molecular weight excluding hydrogens is 448 g/mol. The Morgan fingerprint density at radius 1 is 1.00 bits per heavy atom. The number of nitrogens with one attached hydrogen (secondary N) is 1. The largest absolute Gasteiger partial charge is 0.367 e. The Balaban J connectivity index is 1.55. The van der Waals surface area contributed by atoms with Gasteiger partial charge in [-0.1, -0.05) is 24.6 Å². The number of hydrogen-bond acceptors (Lipinski definition) is 5. The summed E-state index contributed by atoms with van der Waals surface area (Å²) in [5, 5.41) is 3.48. The lowest BCUT2D eigenvalue weighted by molar-refractivity contribution is 0.102. The van der Waals surface area contributed by atoms with Crippen LogP contribution in [-0.4, -0.2) is 69.3 Å². The fraction of sp³-hybridized carbons (Fsp3) is 0.435. The van der Waals surface area contributed by atoms with Crippen molar-refractivity contribution < 1.29 is 13.2 Å². The number of piperazine rings is 1. The number of anilines is 2. The summed E-state index contributed by atoms with van der Waals surface area (Å²) in [7, 11) is -3.59. The Bertz CT molecular complexity index is 1080. The smallest absolute Gasteiger partial charge is 0.255 e. The van der Waals surface area contributed by atoms with Crippen molar-refractivity contribution >= 4 is 38.9 Å². The van der Waals surface area contributed by atoms with Crippen molar-refractivity contribution in [3.63, 3.8) is 0 Å². The van der Waals surface area contributed by atoms with Crippen molar-refractivity contribution in [3.8, 4) is 0 Å². The van der Waals surface area contributed by atoms with Crippen LogP contribution in [0.2, 0.25) is 5.02 Å². The summed E-state index contributed by atoms with van der Waals surface area (Å²) in [5.74, 6) is -0.362. The quantitative estimate of drug-likeness (QED) is 0.690. The predicted octanol–water partition coefficient (Wildman–Crippen LogP) is 3.52. The van der Waals surface area contributed by atoms with E-state index in [0.717, 1.165) is 51.3 Å². The summed E-state index contributed by atoms with van der Waals surface area (Å²) in [4.78, 5) is 17.8. The highest BCUT2D eigenvalue weighted by atomic mass is 35.5. The molecule has 0 aromatic heterocycles. The number of nitrogens with zero attached hydrogens (tertiary/aromatic N) is 3. The maximum Gasteiger partial charge on any atom is 0.255 e. The number of hydrogen-bond donors (Lipinski definition) is 1. The molecule has 2 aliphatic heterocycles. The van der Waals surface area contributed by atoms with Crippen LogP contribution in [0.1, 0.15) is 30.1 Å². The summed E-state index contributed by atoms with van der Waals surface area (Å²) in [5.41, 5.74) is 1.84. The second-order valence-electron chi connectivity index (χ2n) is 8.18. The molecular formula is C23H29ClN4O3S. The van der Waals surface area contributed by atoms with Gasteiger partial charge in [-0.05, 0) is 55.8 Å². The summed E-state index contributed by atoms with van der Waals surface area (Å²) >= 11 is 6.23. The summed E-state index contributed by atoms with van der Waals surface area (Å²) in [6.45, 7) is 7.87. The zero-order valence-corrected chi connectivity index (χ0v) is 19.8. The zero-order valence-electron chi connectivity index (χ0n) is 18.3. The SMILES string of the molecule is CCN1CCN(c2ccc(Cl)cc2NC(=O)c2cccc(S(=O)(=O)N3CCCC3)c2)CC1. The topological polar surface area (TPSA) is 73.0 Å². The molecule has 172 valence electrons. The average molecular weight is 477 g/mol. The molecule has 0 aliphatic carbocycles. The van der Waals surface area contributed by atoms with E-state index in [0.29, 0.717) is 29.4 Å². The first-order valence-corrected chi connectivity index (χ1v) is 12.9. The number of benzene rings is 2. The second kappa shape index (κ2) is 9.79. The van der Waals surface area contributed by atoms with E-state index in [9.17, 15) is 13.2 Å². The zero-order chi connectivity index (χ0) is 22.7. The van der Waals surface area contributed by atoms with E-state index >= 15 is 0 Å². The highest BCUT2D eigenvalue weighted by molar-refractivity contribution is 7.89. The van der Waals surface area contributed by atoms with Crippen molar-refractivity contribution in [2.75, 3.05) is 56.0 Å². The maximum atomic E-state index is 13.1. The van der Waals surface area contributed by atoms with E-state index in [2.05, 4.69) is 22.0 Å².